The van der Waals surface area contributed by atoms with Crippen LogP contribution in [0.15, 0.2) is 53.4 Å². The molecule has 1 aliphatic heterocycles. The molecular formula is C19H22ClNO4S2. The van der Waals surface area contributed by atoms with Gasteiger partial charge in [0.25, 0.3) is 0 Å². The second kappa shape index (κ2) is 7.54. The molecule has 146 valence electrons. The summed E-state index contributed by atoms with van der Waals surface area (Å²) in [6, 6.07) is 13.9. The van der Waals surface area contributed by atoms with E-state index in [2.05, 4.69) is 0 Å². The fourth-order valence-corrected chi connectivity index (χ4v) is 6.99. The van der Waals surface area contributed by atoms with Crippen molar-refractivity contribution in [3.05, 3.63) is 53.6 Å². The minimum atomic E-state index is -3.69. The van der Waals surface area contributed by atoms with E-state index in [4.69, 9.17) is 11.6 Å². The second-order valence-corrected chi connectivity index (χ2v) is 11.9. The van der Waals surface area contributed by atoms with Gasteiger partial charge in [0.15, 0.2) is 9.84 Å². The molecule has 3 rings (SSSR count). The van der Waals surface area contributed by atoms with Gasteiger partial charge in [-0.3, -0.25) is 0 Å². The van der Waals surface area contributed by atoms with Gasteiger partial charge in [-0.25, -0.2) is 16.8 Å². The number of hydrogen-bond donors (Lipinski definition) is 0. The number of hydrogen-bond acceptors (Lipinski definition) is 4. The minimum Gasteiger partial charge on any atom is -0.228 e. The Hall–Kier alpha value is -1.41. The van der Waals surface area contributed by atoms with Gasteiger partial charge in [-0.2, -0.15) is 4.31 Å². The summed E-state index contributed by atoms with van der Waals surface area (Å²) in [5.41, 5.74) is 1.76. The summed E-state index contributed by atoms with van der Waals surface area (Å²) in [5, 5.41) is -0.00108. The molecule has 0 aromatic heterocycles. The van der Waals surface area contributed by atoms with Gasteiger partial charge >= 0.3 is 0 Å². The van der Waals surface area contributed by atoms with Crippen LogP contribution in [-0.4, -0.2) is 45.2 Å². The van der Waals surface area contributed by atoms with Gasteiger partial charge in [-0.15, -0.1) is 0 Å². The molecule has 2 aromatic carbocycles. The Kier molecular flexibility index (Phi) is 5.68. The third-order valence-corrected chi connectivity index (χ3v) is 9.06. The highest BCUT2D eigenvalue weighted by Crippen LogP contribution is 2.28. The first-order valence-electron chi connectivity index (χ1n) is 8.67. The lowest BCUT2D eigenvalue weighted by Crippen LogP contribution is -2.57. The van der Waals surface area contributed by atoms with Crippen LogP contribution >= 0.6 is 11.6 Å². The molecular weight excluding hydrogens is 406 g/mol. The number of sulfonamides is 1. The summed E-state index contributed by atoms with van der Waals surface area (Å²) in [5.74, 6) is 0.111. The Balaban J connectivity index is 1.73. The summed E-state index contributed by atoms with van der Waals surface area (Å²) in [6.45, 7) is 3.72. The molecule has 0 radical (unpaired) electrons. The zero-order valence-corrected chi connectivity index (χ0v) is 17.6. The zero-order chi connectivity index (χ0) is 19.8. The average molecular weight is 428 g/mol. The lowest BCUT2D eigenvalue weighted by atomic mass is 10.1. The van der Waals surface area contributed by atoms with Crippen LogP contribution < -0.4 is 0 Å². The van der Waals surface area contributed by atoms with E-state index in [9.17, 15) is 16.8 Å². The molecule has 5 nitrogen and oxygen atoms in total. The van der Waals surface area contributed by atoms with Crippen molar-refractivity contribution in [2.24, 2.45) is 5.92 Å². The molecule has 0 amide bonds. The maximum Gasteiger partial charge on any atom is 0.243 e. The van der Waals surface area contributed by atoms with Gasteiger partial charge < -0.3 is 0 Å². The van der Waals surface area contributed by atoms with Crippen molar-refractivity contribution in [3.63, 3.8) is 0 Å². The normalized spacial score (nSPS) is 16.4. The Morgan fingerprint density at radius 3 is 2.19 bits per heavy atom. The Labute approximate surface area is 165 Å². The van der Waals surface area contributed by atoms with Crippen LogP contribution in [0.5, 0.6) is 0 Å². The number of benzene rings is 2. The fourth-order valence-electron chi connectivity index (χ4n) is 3.06. The van der Waals surface area contributed by atoms with Crippen molar-refractivity contribution in [1.82, 2.24) is 4.31 Å². The number of sulfone groups is 1. The van der Waals surface area contributed by atoms with Crippen LogP contribution in [0.1, 0.15) is 13.8 Å². The van der Waals surface area contributed by atoms with Gasteiger partial charge in [0, 0.05) is 18.1 Å². The van der Waals surface area contributed by atoms with E-state index in [1.165, 1.54) is 4.31 Å². The highest BCUT2D eigenvalue weighted by molar-refractivity contribution is 7.92. The van der Waals surface area contributed by atoms with Gasteiger partial charge in [0.1, 0.15) is 0 Å². The van der Waals surface area contributed by atoms with E-state index in [1.54, 1.807) is 30.3 Å². The van der Waals surface area contributed by atoms with Crippen LogP contribution in [0.3, 0.4) is 0 Å². The smallest absolute Gasteiger partial charge is 0.228 e. The number of nitrogens with zero attached hydrogens (tertiary/aromatic N) is 1. The van der Waals surface area contributed by atoms with Gasteiger partial charge in [-0.1, -0.05) is 49.7 Å². The highest BCUT2D eigenvalue weighted by Gasteiger charge is 2.43. The third-order valence-electron chi connectivity index (χ3n) is 4.54. The summed E-state index contributed by atoms with van der Waals surface area (Å²) in [6.07, 6.45) is 0. The van der Waals surface area contributed by atoms with Crippen molar-refractivity contribution in [1.29, 1.82) is 0 Å². The molecule has 0 unspecified atom stereocenters. The molecule has 27 heavy (non-hydrogen) atoms. The molecule has 1 heterocycles. The second-order valence-electron chi connectivity index (χ2n) is 7.20. The lowest BCUT2D eigenvalue weighted by Gasteiger charge is -2.37. The Bertz CT molecular complexity index is 1030. The van der Waals surface area contributed by atoms with Gasteiger partial charge in [0.2, 0.25) is 10.0 Å². The van der Waals surface area contributed by atoms with Crippen molar-refractivity contribution < 1.29 is 16.8 Å². The SMILES string of the molecule is CC(C)CS(=O)(=O)C1CN(S(=O)(=O)c2ccc(-c3cccc(Cl)c3)cc2)C1. The van der Waals surface area contributed by atoms with E-state index < -0.39 is 25.1 Å². The van der Waals surface area contributed by atoms with Crippen molar-refractivity contribution in [2.75, 3.05) is 18.8 Å². The van der Waals surface area contributed by atoms with Gasteiger partial charge in [-0.05, 0) is 41.3 Å². The predicted octanol–water partition coefficient (Wildman–Crippen LogP) is 3.45. The molecule has 0 aliphatic carbocycles. The molecule has 1 aliphatic rings. The van der Waals surface area contributed by atoms with Crippen LogP contribution in [-0.2, 0) is 19.9 Å². The monoisotopic (exact) mass is 427 g/mol. The molecule has 0 saturated carbocycles. The molecule has 2 aromatic rings. The first-order chi connectivity index (χ1) is 12.6. The Morgan fingerprint density at radius 1 is 1.00 bits per heavy atom. The van der Waals surface area contributed by atoms with E-state index >= 15 is 0 Å². The molecule has 0 spiro atoms. The summed E-state index contributed by atoms with van der Waals surface area (Å²) < 4.78 is 51.1. The van der Waals surface area contributed by atoms with E-state index in [0.29, 0.717) is 5.02 Å². The summed E-state index contributed by atoms with van der Waals surface area (Å²) in [4.78, 5) is 0.160. The Morgan fingerprint density at radius 2 is 1.63 bits per heavy atom. The molecule has 1 fully saturated rings. The maximum absolute atomic E-state index is 12.7. The van der Waals surface area contributed by atoms with Crippen LogP contribution in [0.4, 0.5) is 0 Å². The highest BCUT2D eigenvalue weighted by atomic mass is 35.5. The quantitative estimate of drug-likeness (QED) is 0.707. The lowest BCUT2D eigenvalue weighted by molar-refractivity contribution is 0.309. The van der Waals surface area contributed by atoms with E-state index in [1.807, 2.05) is 32.0 Å². The summed E-state index contributed by atoms with van der Waals surface area (Å²) in [7, 11) is -6.95. The zero-order valence-electron chi connectivity index (χ0n) is 15.2. The molecule has 0 N–H and O–H groups in total. The number of rotatable bonds is 6. The fraction of sp³-hybridized carbons (Fsp3) is 0.368. The molecule has 0 atom stereocenters. The van der Waals surface area contributed by atoms with Crippen LogP contribution in [0.2, 0.25) is 5.02 Å². The van der Waals surface area contributed by atoms with E-state index in [0.717, 1.165) is 11.1 Å². The standard InChI is InChI=1S/C19H22ClNO4S2/c1-14(2)13-26(22,23)19-11-21(12-19)27(24,25)18-8-6-15(7-9-18)16-4-3-5-17(20)10-16/h3-10,14,19H,11-13H2,1-2H3. The summed E-state index contributed by atoms with van der Waals surface area (Å²) >= 11 is 6.00. The van der Waals surface area contributed by atoms with Gasteiger partial charge in [0.05, 0.1) is 15.9 Å². The average Bonchev–Trinajstić information content (AvgIpc) is 2.51. The first kappa shape index (κ1) is 20.3. The van der Waals surface area contributed by atoms with Crippen molar-refractivity contribution in [2.45, 2.75) is 24.0 Å². The molecule has 8 heteroatoms. The molecule has 1 saturated heterocycles. The maximum atomic E-state index is 12.7. The number of halogens is 1. The first-order valence-corrected chi connectivity index (χ1v) is 12.2. The van der Waals surface area contributed by atoms with Crippen LogP contribution in [0.25, 0.3) is 11.1 Å². The van der Waals surface area contributed by atoms with Crippen molar-refractivity contribution in [3.8, 4) is 11.1 Å². The topological polar surface area (TPSA) is 71.5 Å². The van der Waals surface area contributed by atoms with Crippen LogP contribution in [0, 0.1) is 5.92 Å². The van der Waals surface area contributed by atoms with E-state index in [-0.39, 0.29) is 29.7 Å². The van der Waals surface area contributed by atoms with Crippen molar-refractivity contribution >= 4 is 31.5 Å². The predicted molar refractivity (Wildman–Crippen MR) is 108 cm³/mol. The largest absolute Gasteiger partial charge is 0.243 e. The minimum absolute atomic E-state index is 0.0213. The molecule has 0 bridgehead atoms. The third kappa shape index (κ3) is 4.37.